The van der Waals surface area contributed by atoms with Crippen LogP contribution in [0.4, 0.5) is 16.3 Å². The van der Waals surface area contributed by atoms with Crippen LogP contribution >= 0.6 is 0 Å². The number of fused-ring (bicyclic) bond motifs is 1. The van der Waals surface area contributed by atoms with Crippen LogP contribution in [0.5, 0.6) is 5.75 Å². The summed E-state index contributed by atoms with van der Waals surface area (Å²) in [6.07, 6.45) is 2.23. The molecule has 2 saturated heterocycles. The van der Waals surface area contributed by atoms with E-state index in [4.69, 9.17) is 15.2 Å². The lowest BCUT2D eigenvalue weighted by molar-refractivity contribution is -0.384. The molecular formula is C29H32N8O7. The smallest absolute Gasteiger partial charge is 0.410 e. The summed E-state index contributed by atoms with van der Waals surface area (Å²) in [5.74, 6) is 6.25. The largest absolute Gasteiger partial charge is 0.415 e. The number of nitrogen functional groups attached to an aromatic ring is 1. The van der Waals surface area contributed by atoms with Crippen molar-refractivity contribution in [3.63, 3.8) is 0 Å². The molecule has 0 spiro atoms. The van der Waals surface area contributed by atoms with Gasteiger partial charge >= 0.3 is 6.09 Å². The second-order valence-corrected chi connectivity index (χ2v) is 11.4. The van der Waals surface area contributed by atoms with Crippen LogP contribution in [0, 0.1) is 33.8 Å². The maximum atomic E-state index is 12.7. The van der Waals surface area contributed by atoms with Crippen molar-refractivity contribution in [1.29, 1.82) is 0 Å². The van der Waals surface area contributed by atoms with Gasteiger partial charge in [0.2, 0.25) is 11.7 Å². The topological polar surface area (TPSA) is 201 Å². The number of hydrogen-bond donors (Lipinski definition) is 3. The molecule has 2 aromatic heterocycles. The molecule has 6 rings (SSSR count). The van der Waals surface area contributed by atoms with E-state index < -0.39 is 35.4 Å². The van der Waals surface area contributed by atoms with Gasteiger partial charge in [0.15, 0.2) is 17.7 Å². The van der Waals surface area contributed by atoms with E-state index in [1.54, 1.807) is 16.4 Å². The standard InChI is InChI=1S/C29H32N8O7/c1-16-23(38)28(44-24(16)27(39)32-18-5-6-18)36-15-31-22-25(30)33-21(34-26(22)36)4-2-3-17-11-13-35(14-12-17)29(40)43-20-9-7-19(8-10-20)37(41)42/h7-10,15-18,23-24,28,38H,3,5-6,11-14H2,1H3,(H,32,39)(H2,30,33,34). The number of nitro benzene ring substituents is 1. The summed E-state index contributed by atoms with van der Waals surface area (Å²) in [6, 6.07) is 5.54. The quantitative estimate of drug-likeness (QED) is 0.211. The monoisotopic (exact) mass is 604 g/mol. The number of nitrogens with two attached hydrogens (primary N) is 1. The molecule has 44 heavy (non-hydrogen) atoms. The van der Waals surface area contributed by atoms with E-state index in [0.717, 1.165) is 25.7 Å². The van der Waals surface area contributed by atoms with E-state index in [2.05, 4.69) is 32.1 Å². The number of nitrogens with zero attached hydrogens (tertiary/aromatic N) is 6. The number of rotatable bonds is 6. The highest BCUT2D eigenvalue weighted by Gasteiger charge is 2.46. The number of imidazole rings is 1. The third kappa shape index (κ3) is 6.12. The molecule has 15 nitrogen and oxygen atoms in total. The normalized spacial score (nSPS) is 23.6. The number of carbonyl (C=O) groups is 2. The number of anilines is 1. The maximum absolute atomic E-state index is 12.7. The van der Waals surface area contributed by atoms with Crippen molar-refractivity contribution in [1.82, 2.24) is 29.7 Å². The van der Waals surface area contributed by atoms with Crippen molar-refractivity contribution in [2.24, 2.45) is 11.8 Å². The number of amides is 2. The SMILES string of the molecule is CC1C(C(=O)NC2CC2)OC(n2cnc3c(N)nc(C#CCC4CCN(C(=O)Oc5ccc([N+](=O)[O-])cc5)CC4)nc32)C1O. The maximum Gasteiger partial charge on any atom is 0.415 e. The predicted molar refractivity (Wildman–Crippen MR) is 155 cm³/mol. The molecule has 4 atom stereocenters. The number of aromatic nitrogens is 4. The van der Waals surface area contributed by atoms with Crippen molar-refractivity contribution < 1.29 is 29.1 Å². The average molecular weight is 605 g/mol. The first-order chi connectivity index (χ1) is 21.2. The fourth-order valence-electron chi connectivity index (χ4n) is 5.41. The summed E-state index contributed by atoms with van der Waals surface area (Å²) in [5.41, 5.74) is 6.78. The molecule has 3 fully saturated rings. The van der Waals surface area contributed by atoms with Crippen LogP contribution in [-0.2, 0) is 9.53 Å². The minimum absolute atomic E-state index is 0.0791. The van der Waals surface area contributed by atoms with Crippen LogP contribution in [0.25, 0.3) is 11.2 Å². The summed E-state index contributed by atoms with van der Waals surface area (Å²) < 4.78 is 12.9. The Labute approximate surface area is 251 Å². The van der Waals surface area contributed by atoms with Crippen LogP contribution < -0.4 is 15.8 Å². The van der Waals surface area contributed by atoms with Crippen LogP contribution in [0.15, 0.2) is 30.6 Å². The predicted octanol–water partition coefficient (Wildman–Crippen LogP) is 2.14. The molecule has 2 aliphatic heterocycles. The zero-order valence-corrected chi connectivity index (χ0v) is 24.0. The number of non-ortho nitro benzene ring substituents is 1. The van der Waals surface area contributed by atoms with Gasteiger partial charge in [-0.2, -0.15) is 0 Å². The van der Waals surface area contributed by atoms with E-state index in [9.17, 15) is 24.8 Å². The van der Waals surface area contributed by atoms with E-state index in [-0.39, 0.29) is 40.9 Å². The first-order valence-corrected chi connectivity index (χ1v) is 14.5. The van der Waals surface area contributed by atoms with E-state index in [1.165, 1.54) is 30.6 Å². The van der Waals surface area contributed by atoms with Gasteiger partial charge in [0, 0.05) is 43.6 Å². The summed E-state index contributed by atoms with van der Waals surface area (Å²) in [5, 5.41) is 24.7. The molecular weight excluding hydrogens is 572 g/mol. The van der Waals surface area contributed by atoms with Crippen LogP contribution in [0.2, 0.25) is 0 Å². The summed E-state index contributed by atoms with van der Waals surface area (Å²) in [6.45, 7) is 2.76. The van der Waals surface area contributed by atoms with Gasteiger partial charge in [0.25, 0.3) is 5.69 Å². The fourth-order valence-corrected chi connectivity index (χ4v) is 5.41. The third-order valence-electron chi connectivity index (χ3n) is 8.22. The highest BCUT2D eigenvalue weighted by molar-refractivity contribution is 5.83. The number of ether oxygens (including phenoxy) is 2. The van der Waals surface area contributed by atoms with E-state index in [0.29, 0.717) is 30.7 Å². The number of aliphatic hydroxyl groups is 1. The molecule has 1 saturated carbocycles. The van der Waals surface area contributed by atoms with E-state index >= 15 is 0 Å². The number of hydrogen-bond acceptors (Lipinski definition) is 11. The molecule has 3 aromatic rings. The Balaban J connectivity index is 1.06. The minimum Gasteiger partial charge on any atom is -0.410 e. The Morgan fingerprint density at radius 2 is 1.93 bits per heavy atom. The van der Waals surface area contributed by atoms with Crippen LogP contribution in [0.1, 0.15) is 51.1 Å². The lowest BCUT2D eigenvalue weighted by atomic mass is 9.94. The molecule has 1 aromatic carbocycles. The Kier molecular flexibility index (Phi) is 8.02. The van der Waals surface area contributed by atoms with Crippen molar-refractivity contribution in [2.45, 2.75) is 63.5 Å². The lowest BCUT2D eigenvalue weighted by Gasteiger charge is -2.30. The Bertz CT molecular complexity index is 1640. The minimum atomic E-state index is -0.967. The first kappa shape index (κ1) is 29.3. The summed E-state index contributed by atoms with van der Waals surface area (Å²) >= 11 is 0. The summed E-state index contributed by atoms with van der Waals surface area (Å²) in [7, 11) is 0. The molecule has 4 N–H and O–H groups in total. The fraction of sp³-hybridized carbons (Fsp3) is 0.483. The zero-order chi connectivity index (χ0) is 31.0. The Morgan fingerprint density at radius 3 is 2.61 bits per heavy atom. The van der Waals surface area contributed by atoms with Crippen LogP contribution in [0.3, 0.4) is 0 Å². The number of piperidine rings is 1. The number of likely N-dealkylation sites (tertiary alicyclic amines) is 1. The van der Waals surface area contributed by atoms with Crippen molar-refractivity contribution in [3.05, 3.63) is 46.5 Å². The number of nitrogens with one attached hydrogen (secondary N) is 1. The highest BCUT2D eigenvalue weighted by Crippen LogP contribution is 2.36. The van der Waals surface area contributed by atoms with Gasteiger partial charge in [-0.3, -0.25) is 19.5 Å². The van der Waals surface area contributed by atoms with Gasteiger partial charge in [-0.15, -0.1) is 0 Å². The average Bonchev–Trinajstić information content (AvgIpc) is 3.64. The first-order valence-electron chi connectivity index (χ1n) is 14.5. The van der Waals surface area contributed by atoms with Crippen molar-refractivity contribution in [2.75, 3.05) is 18.8 Å². The Morgan fingerprint density at radius 1 is 1.20 bits per heavy atom. The molecule has 15 heteroatoms. The third-order valence-corrected chi connectivity index (χ3v) is 8.22. The van der Waals surface area contributed by atoms with Gasteiger partial charge in [-0.05, 0) is 49.7 Å². The van der Waals surface area contributed by atoms with Gasteiger partial charge in [0.1, 0.15) is 23.5 Å². The van der Waals surface area contributed by atoms with Gasteiger partial charge in [-0.1, -0.05) is 12.8 Å². The molecule has 230 valence electrons. The lowest BCUT2D eigenvalue weighted by Crippen LogP contribution is -2.40. The van der Waals surface area contributed by atoms with Crippen LogP contribution in [-0.4, -0.2) is 77.8 Å². The summed E-state index contributed by atoms with van der Waals surface area (Å²) in [4.78, 5) is 50.2. The molecule has 3 aliphatic rings. The molecule has 4 unspecified atom stereocenters. The number of nitro groups is 1. The molecule has 0 bridgehead atoms. The van der Waals surface area contributed by atoms with Crippen molar-refractivity contribution in [3.8, 4) is 17.6 Å². The molecule has 0 radical (unpaired) electrons. The Hall–Kier alpha value is -4.81. The van der Waals surface area contributed by atoms with Crippen molar-refractivity contribution >= 4 is 34.7 Å². The van der Waals surface area contributed by atoms with Gasteiger partial charge < -0.3 is 30.5 Å². The number of carbonyl (C=O) groups excluding carboxylic acids is 2. The van der Waals surface area contributed by atoms with Gasteiger partial charge in [0.05, 0.1) is 11.3 Å². The second-order valence-electron chi connectivity index (χ2n) is 11.4. The molecule has 1 aliphatic carbocycles. The number of aliphatic hydroxyl groups excluding tert-OH is 1. The zero-order valence-electron chi connectivity index (χ0n) is 24.0. The molecule has 4 heterocycles. The van der Waals surface area contributed by atoms with Gasteiger partial charge in [-0.25, -0.2) is 19.7 Å². The van der Waals surface area contributed by atoms with E-state index in [1.807, 2.05) is 0 Å². The number of benzene rings is 1. The molecule has 2 amide bonds. The second kappa shape index (κ2) is 12.1. The highest BCUT2D eigenvalue weighted by atomic mass is 16.6.